The van der Waals surface area contributed by atoms with Crippen LogP contribution in [0.15, 0.2) is 24.3 Å². The van der Waals surface area contributed by atoms with E-state index in [1.165, 1.54) is 36.8 Å². The number of hydrogen-bond donors (Lipinski definition) is 1. The number of aliphatic hydroxyl groups excluding tert-OH is 1. The lowest BCUT2D eigenvalue weighted by atomic mass is 10.1. The number of ether oxygens (including phenoxy) is 1. The van der Waals surface area contributed by atoms with Crippen molar-refractivity contribution in [3.63, 3.8) is 0 Å². The summed E-state index contributed by atoms with van der Waals surface area (Å²) in [6.07, 6.45) is 5.18. The fourth-order valence-corrected chi connectivity index (χ4v) is 3.31. The Kier molecular flexibility index (Phi) is 3.87. The second-order valence-corrected chi connectivity index (χ2v) is 5.84. The molecule has 3 nitrogen and oxygen atoms in total. The van der Waals surface area contributed by atoms with Gasteiger partial charge in [0.25, 0.3) is 0 Å². The highest BCUT2D eigenvalue weighted by atomic mass is 16.5. The molecular formula is C16H23NO2. The molecule has 0 radical (unpaired) electrons. The van der Waals surface area contributed by atoms with Gasteiger partial charge in [0.1, 0.15) is 6.23 Å². The summed E-state index contributed by atoms with van der Waals surface area (Å²) in [7, 11) is 0. The van der Waals surface area contributed by atoms with Crippen molar-refractivity contribution in [3.8, 4) is 0 Å². The van der Waals surface area contributed by atoms with Gasteiger partial charge in [-0.1, -0.05) is 42.7 Å². The van der Waals surface area contributed by atoms with E-state index < -0.39 is 0 Å². The van der Waals surface area contributed by atoms with Crippen LogP contribution in [0, 0.1) is 6.92 Å². The van der Waals surface area contributed by atoms with Crippen LogP contribution in [0.4, 0.5) is 0 Å². The van der Waals surface area contributed by atoms with E-state index in [1.807, 2.05) is 0 Å². The monoisotopic (exact) mass is 261 g/mol. The van der Waals surface area contributed by atoms with E-state index in [9.17, 15) is 5.11 Å². The first kappa shape index (κ1) is 13.1. The summed E-state index contributed by atoms with van der Waals surface area (Å²) in [4.78, 5) is 2.46. The Labute approximate surface area is 115 Å². The molecule has 1 saturated heterocycles. The largest absolute Gasteiger partial charge is 0.394 e. The number of aryl methyl sites for hydroxylation is 1. The highest BCUT2D eigenvalue weighted by molar-refractivity contribution is 5.24. The summed E-state index contributed by atoms with van der Waals surface area (Å²) in [5.41, 5.74) is 2.49. The van der Waals surface area contributed by atoms with E-state index in [4.69, 9.17) is 4.74 Å². The summed E-state index contributed by atoms with van der Waals surface area (Å²) < 4.78 is 6.04. The van der Waals surface area contributed by atoms with Gasteiger partial charge in [-0.05, 0) is 25.3 Å². The Morgan fingerprint density at radius 2 is 1.89 bits per heavy atom. The van der Waals surface area contributed by atoms with Gasteiger partial charge in [0, 0.05) is 12.6 Å². The lowest BCUT2D eigenvalue weighted by molar-refractivity contribution is -0.0296. The molecule has 19 heavy (non-hydrogen) atoms. The Morgan fingerprint density at radius 1 is 1.21 bits per heavy atom. The molecule has 2 unspecified atom stereocenters. The molecule has 1 N–H and O–H groups in total. The first-order valence-corrected chi connectivity index (χ1v) is 7.36. The molecule has 3 rings (SSSR count). The zero-order chi connectivity index (χ0) is 13.2. The van der Waals surface area contributed by atoms with Crippen LogP contribution in [0.1, 0.15) is 43.0 Å². The average molecular weight is 261 g/mol. The first-order chi connectivity index (χ1) is 9.28. The maximum absolute atomic E-state index is 9.38. The summed E-state index contributed by atoms with van der Waals surface area (Å²) in [5.74, 6) is 0. The fraction of sp³-hybridized carbons (Fsp3) is 0.625. The molecular weight excluding hydrogens is 238 g/mol. The predicted molar refractivity (Wildman–Crippen MR) is 74.8 cm³/mol. The Hall–Kier alpha value is -0.900. The van der Waals surface area contributed by atoms with Crippen LogP contribution >= 0.6 is 0 Å². The molecule has 3 heteroatoms. The molecule has 2 fully saturated rings. The SMILES string of the molecule is Cc1ccc(C2OC(CO)CN2C2CCCC2)cc1. The van der Waals surface area contributed by atoms with E-state index >= 15 is 0 Å². The molecule has 1 saturated carbocycles. The van der Waals surface area contributed by atoms with Crippen LogP contribution in [-0.4, -0.2) is 35.3 Å². The van der Waals surface area contributed by atoms with Crippen LogP contribution in [0.5, 0.6) is 0 Å². The van der Waals surface area contributed by atoms with E-state index in [0.717, 1.165) is 6.54 Å². The van der Waals surface area contributed by atoms with Crippen molar-refractivity contribution in [2.24, 2.45) is 0 Å². The summed E-state index contributed by atoms with van der Waals surface area (Å²) in [6.45, 7) is 3.08. The molecule has 0 amide bonds. The van der Waals surface area contributed by atoms with Gasteiger partial charge in [0.05, 0.1) is 12.7 Å². The molecule has 1 aliphatic heterocycles. The van der Waals surface area contributed by atoms with Gasteiger partial charge in [-0.2, -0.15) is 0 Å². The zero-order valence-corrected chi connectivity index (χ0v) is 11.6. The smallest absolute Gasteiger partial charge is 0.137 e. The minimum absolute atomic E-state index is 0.0286. The molecule has 104 valence electrons. The van der Waals surface area contributed by atoms with Crippen LogP contribution in [0.25, 0.3) is 0 Å². The lowest BCUT2D eigenvalue weighted by Crippen LogP contribution is -2.34. The number of hydrogen-bond acceptors (Lipinski definition) is 3. The van der Waals surface area contributed by atoms with Crippen LogP contribution < -0.4 is 0 Å². The molecule has 2 atom stereocenters. The number of benzene rings is 1. The minimum Gasteiger partial charge on any atom is -0.394 e. The third kappa shape index (κ3) is 2.69. The number of nitrogens with zero attached hydrogens (tertiary/aromatic N) is 1. The van der Waals surface area contributed by atoms with Crippen molar-refractivity contribution in [1.82, 2.24) is 4.90 Å². The normalized spacial score (nSPS) is 29.2. The third-order valence-corrected chi connectivity index (χ3v) is 4.40. The standard InChI is InChI=1S/C16H23NO2/c1-12-6-8-13(9-7-12)16-17(10-15(11-18)19-16)14-4-2-3-5-14/h6-9,14-16,18H,2-5,10-11H2,1H3. The van der Waals surface area contributed by atoms with E-state index in [1.54, 1.807) is 0 Å². The van der Waals surface area contributed by atoms with E-state index in [2.05, 4.69) is 36.1 Å². The van der Waals surface area contributed by atoms with Crippen molar-refractivity contribution in [1.29, 1.82) is 0 Å². The van der Waals surface area contributed by atoms with Gasteiger partial charge in [-0.15, -0.1) is 0 Å². The number of aliphatic hydroxyl groups is 1. The molecule has 1 aromatic carbocycles. The molecule has 0 bridgehead atoms. The maximum Gasteiger partial charge on any atom is 0.137 e. The molecule has 0 spiro atoms. The molecule has 1 aromatic rings. The highest BCUT2D eigenvalue weighted by Crippen LogP contribution is 2.36. The van der Waals surface area contributed by atoms with Gasteiger partial charge in [0.2, 0.25) is 0 Å². The van der Waals surface area contributed by atoms with Crippen molar-refractivity contribution < 1.29 is 9.84 Å². The summed E-state index contributed by atoms with van der Waals surface area (Å²) in [6, 6.07) is 9.21. The predicted octanol–water partition coefficient (Wildman–Crippen LogP) is 2.63. The second kappa shape index (κ2) is 5.61. The van der Waals surface area contributed by atoms with Crippen molar-refractivity contribution in [2.75, 3.05) is 13.2 Å². The Bertz CT molecular complexity index is 411. The van der Waals surface area contributed by atoms with Crippen molar-refractivity contribution in [3.05, 3.63) is 35.4 Å². The summed E-state index contributed by atoms with van der Waals surface area (Å²) >= 11 is 0. The van der Waals surface area contributed by atoms with Crippen LogP contribution in [0.2, 0.25) is 0 Å². The van der Waals surface area contributed by atoms with Crippen LogP contribution in [-0.2, 0) is 4.74 Å². The second-order valence-electron chi connectivity index (χ2n) is 5.84. The Balaban J connectivity index is 1.81. The van der Waals surface area contributed by atoms with Gasteiger partial charge in [-0.25, -0.2) is 0 Å². The molecule has 1 aliphatic carbocycles. The third-order valence-electron chi connectivity index (χ3n) is 4.40. The fourth-order valence-electron chi connectivity index (χ4n) is 3.31. The van der Waals surface area contributed by atoms with Gasteiger partial charge < -0.3 is 9.84 Å². The maximum atomic E-state index is 9.38. The average Bonchev–Trinajstić information content (AvgIpc) is 3.08. The lowest BCUT2D eigenvalue weighted by Gasteiger charge is -2.29. The quantitative estimate of drug-likeness (QED) is 0.908. The van der Waals surface area contributed by atoms with Crippen LogP contribution in [0.3, 0.4) is 0 Å². The van der Waals surface area contributed by atoms with E-state index in [0.29, 0.717) is 6.04 Å². The molecule has 2 aliphatic rings. The van der Waals surface area contributed by atoms with E-state index in [-0.39, 0.29) is 18.9 Å². The number of rotatable bonds is 3. The van der Waals surface area contributed by atoms with Crippen molar-refractivity contribution >= 4 is 0 Å². The van der Waals surface area contributed by atoms with Gasteiger partial charge >= 0.3 is 0 Å². The van der Waals surface area contributed by atoms with Gasteiger partial charge in [-0.3, -0.25) is 4.90 Å². The van der Waals surface area contributed by atoms with Gasteiger partial charge in [0.15, 0.2) is 0 Å². The molecule has 1 heterocycles. The minimum atomic E-state index is -0.0353. The highest BCUT2D eigenvalue weighted by Gasteiger charge is 2.38. The molecule has 0 aromatic heterocycles. The topological polar surface area (TPSA) is 32.7 Å². The first-order valence-electron chi connectivity index (χ1n) is 7.36. The van der Waals surface area contributed by atoms with Crippen molar-refractivity contribution in [2.45, 2.75) is 51.0 Å². The summed E-state index contributed by atoms with van der Waals surface area (Å²) in [5, 5.41) is 9.38. The zero-order valence-electron chi connectivity index (χ0n) is 11.6. The Morgan fingerprint density at radius 3 is 2.53 bits per heavy atom.